The molecule has 4 heteroatoms. The number of hydrogen-bond acceptors (Lipinski definition) is 4. The highest BCUT2D eigenvalue weighted by Gasteiger charge is 2.08. The minimum absolute atomic E-state index is 0.227. The van der Waals surface area contributed by atoms with Crippen LogP contribution in [0.5, 0.6) is 0 Å². The van der Waals surface area contributed by atoms with E-state index in [-0.39, 0.29) is 18.4 Å². The van der Waals surface area contributed by atoms with Gasteiger partial charge in [-0.2, -0.15) is 0 Å². The van der Waals surface area contributed by atoms with Gasteiger partial charge >= 0.3 is 11.9 Å². The number of methoxy groups -OCH3 is 1. The number of rotatable bonds is 6. The maximum absolute atomic E-state index is 11.4. The van der Waals surface area contributed by atoms with Crippen molar-refractivity contribution in [2.24, 2.45) is 0 Å². The first-order valence-electron chi connectivity index (χ1n) is 6.37. The Labute approximate surface area is 113 Å². The lowest BCUT2D eigenvalue weighted by Gasteiger charge is -2.08. The lowest BCUT2D eigenvalue weighted by Crippen LogP contribution is -2.08. The molecule has 4 nitrogen and oxygen atoms in total. The summed E-state index contributed by atoms with van der Waals surface area (Å²) in [6, 6.07) is 5.82. The Bertz CT molecular complexity index is 451. The van der Waals surface area contributed by atoms with E-state index in [2.05, 4.69) is 4.74 Å². The maximum Gasteiger partial charge on any atom is 0.310 e. The van der Waals surface area contributed by atoms with Gasteiger partial charge in [-0.1, -0.05) is 18.2 Å². The zero-order valence-corrected chi connectivity index (χ0v) is 11.7. The van der Waals surface area contributed by atoms with Crippen LogP contribution in [0.25, 0.3) is 0 Å². The maximum atomic E-state index is 11.4. The molecule has 0 atom stereocenters. The van der Waals surface area contributed by atoms with Crippen LogP contribution in [0.3, 0.4) is 0 Å². The minimum Gasteiger partial charge on any atom is -0.469 e. The van der Waals surface area contributed by atoms with Crippen molar-refractivity contribution in [3.63, 3.8) is 0 Å². The second-order valence-corrected chi connectivity index (χ2v) is 4.32. The lowest BCUT2D eigenvalue weighted by molar-refractivity contribution is -0.142. The van der Waals surface area contributed by atoms with Crippen molar-refractivity contribution < 1.29 is 19.1 Å². The fourth-order valence-corrected chi connectivity index (χ4v) is 1.82. The first-order chi connectivity index (χ1) is 9.06. The molecule has 0 aliphatic carbocycles. The summed E-state index contributed by atoms with van der Waals surface area (Å²) >= 11 is 0. The Morgan fingerprint density at radius 1 is 1.21 bits per heavy atom. The Balaban J connectivity index is 2.70. The molecular weight excluding hydrogens is 244 g/mol. The fraction of sp³-hybridized carbons (Fsp3) is 0.467. The molecule has 0 aromatic heterocycles. The van der Waals surface area contributed by atoms with Crippen molar-refractivity contribution in [3.8, 4) is 0 Å². The molecule has 0 bridgehead atoms. The molecule has 0 aliphatic heterocycles. The third-order valence-corrected chi connectivity index (χ3v) is 2.89. The average molecular weight is 264 g/mol. The zero-order chi connectivity index (χ0) is 14.3. The van der Waals surface area contributed by atoms with Crippen LogP contribution in [-0.4, -0.2) is 25.7 Å². The van der Waals surface area contributed by atoms with E-state index in [0.29, 0.717) is 19.4 Å². The minimum atomic E-state index is -0.231. The number of aryl methyl sites for hydroxylation is 2. The van der Waals surface area contributed by atoms with E-state index in [0.717, 1.165) is 16.7 Å². The Kier molecular flexibility index (Phi) is 6.06. The molecule has 1 rings (SSSR count). The highest BCUT2D eigenvalue weighted by atomic mass is 16.5. The quantitative estimate of drug-likeness (QED) is 0.739. The zero-order valence-electron chi connectivity index (χ0n) is 11.7. The van der Waals surface area contributed by atoms with Crippen molar-refractivity contribution in [1.29, 1.82) is 0 Å². The van der Waals surface area contributed by atoms with Crippen LogP contribution in [0.1, 0.15) is 30.0 Å². The highest BCUT2D eigenvalue weighted by Crippen LogP contribution is 2.14. The standard InChI is InChI=1S/C15H20O4/c1-4-19-15(17)10-12-6-5-11(2)13(9-12)7-8-14(16)18-3/h5-6,9H,4,7-8,10H2,1-3H3. The van der Waals surface area contributed by atoms with E-state index in [1.165, 1.54) is 7.11 Å². The van der Waals surface area contributed by atoms with Crippen LogP contribution in [0.15, 0.2) is 18.2 Å². The summed E-state index contributed by atoms with van der Waals surface area (Å²) in [5, 5.41) is 0. The number of benzene rings is 1. The molecule has 0 aliphatic rings. The number of carbonyl (C=O) groups is 2. The molecule has 0 saturated carbocycles. The van der Waals surface area contributed by atoms with Gasteiger partial charge in [0.15, 0.2) is 0 Å². The van der Waals surface area contributed by atoms with E-state index in [1.807, 2.05) is 25.1 Å². The summed E-state index contributed by atoms with van der Waals surface area (Å²) in [4.78, 5) is 22.6. The first-order valence-corrected chi connectivity index (χ1v) is 6.37. The number of hydrogen-bond donors (Lipinski definition) is 0. The number of carbonyl (C=O) groups excluding carboxylic acids is 2. The molecule has 0 radical (unpaired) electrons. The number of esters is 2. The SMILES string of the molecule is CCOC(=O)Cc1ccc(C)c(CCC(=O)OC)c1. The molecule has 0 N–H and O–H groups in total. The average Bonchev–Trinajstić information content (AvgIpc) is 2.39. The van der Waals surface area contributed by atoms with Crippen molar-refractivity contribution in [3.05, 3.63) is 34.9 Å². The highest BCUT2D eigenvalue weighted by molar-refractivity contribution is 5.72. The summed E-state index contributed by atoms with van der Waals surface area (Å²) in [5.74, 6) is -0.458. The van der Waals surface area contributed by atoms with Gasteiger partial charge in [0, 0.05) is 6.42 Å². The van der Waals surface area contributed by atoms with Crippen LogP contribution in [-0.2, 0) is 31.9 Å². The molecule has 0 spiro atoms. The van der Waals surface area contributed by atoms with Gasteiger partial charge in [0.1, 0.15) is 0 Å². The molecule has 0 heterocycles. The Morgan fingerprint density at radius 2 is 1.95 bits per heavy atom. The molecule has 19 heavy (non-hydrogen) atoms. The van der Waals surface area contributed by atoms with Gasteiger partial charge < -0.3 is 9.47 Å². The summed E-state index contributed by atoms with van der Waals surface area (Å²) in [5.41, 5.74) is 3.08. The molecule has 1 aromatic carbocycles. The molecule has 1 aromatic rings. The second kappa shape index (κ2) is 7.56. The van der Waals surface area contributed by atoms with E-state index in [1.54, 1.807) is 6.92 Å². The topological polar surface area (TPSA) is 52.6 Å². The first kappa shape index (κ1) is 15.2. The summed E-state index contributed by atoms with van der Waals surface area (Å²) in [6.45, 7) is 4.16. The second-order valence-electron chi connectivity index (χ2n) is 4.32. The van der Waals surface area contributed by atoms with Gasteiger partial charge in [0.25, 0.3) is 0 Å². The van der Waals surface area contributed by atoms with Crippen molar-refractivity contribution in [2.75, 3.05) is 13.7 Å². The molecule has 104 valence electrons. The molecule has 0 saturated heterocycles. The monoisotopic (exact) mass is 264 g/mol. The van der Waals surface area contributed by atoms with E-state index in [9.17, 15) is 9.59 Å². The van der Waals surface area contributed by atoms with Crippen molar-refractivity contribution >= 4 is 11.9 Å². The van der Waals surface area contributed by atoms with Gasteiger partial charge in [-0.15, -0.1) is 0 Å². The van der Waals surface area contributed by atoms with Gasteiger partial charge in [-0.3, -0.25) is 9.59 Å². The van der Waals surface area contributed by atoms with Crippen molar-refractivity contribution in [2.45, 2.75) is 33.1 Å². The van der Waals surface area contributed by atoms with Crippen LogP contribution < -0.4 is 0 Å². The Hall–Kier alpha value is -1.84. The van der Waals surface area contributed by atoms with Gasteiger partial charge in [-0.05, 0) is 37.0 Å². The third kappa shape index (κ3) is 5.12. The third-order valence-electron chi connectivity index (χ3n) is 2.89. The summed E-state index contributed by atoms with van der Waals surface area (Å²) in [7, 11) is 1.38. The molecule has 0 unspecified atom stereocenters. The summed E-state index contributed by atoms with van der Waals surface area (Å²) in [6.07, 6.45) is 1.23. The van der Waals surface area contributed by atoms with Crippen LogP contribution in [0, 0.1) is 6.92 Å². The van der Waals surface area contributed by atoms with Crippen LogP contribution >= 0.6 is 0 Å². The predicted molar refractivity (Wildman–Crippen MR) is 71.9 cm³/mol. The van der Waals surface area contributed by atoms with E-state index in [4.69, 9.17) is 4.74 Å². The lowest BCUT2D eigenvalue weighted by atomic mass is 9.99. The number of ether oxygens (including phenoxy) is 2. The van der Waals surface area contributed by atoms with Crippen LogP contribution in [0.2, 0.25) is 0 Å². The normalized spacial score (nSPS) is 10.1. The summed E-state index contributed by atoms with van der Waals surface area (Å²) < 4.78 is 9.54. The van der Waals surface area contributed by atoms with Gasteiger partial charge in [-0.25, -0.2) is 0 Å². The van der Waals surface area contributed by atoms with E-state index >= 15 is 0 Å². The molecule has 0 amide bonds. The largest absolute Gasteiger partial charge is 0.469 e. The van der Waals surface area contributed by atoms with E-state index < -0.39 is 0 Å². The van der Waals surface area contributed by atoms with Gasteiger partial charge in [0.05, 0.1) is 20.1 Å². The van der Waals surface area contributed by atoms with Gasteiger partial charge in [0.2, 0.25) is 0 Å². The molecular formula is C15H20O4. The molecule has 0 fully saturated rings. The van der Waals surface area contributed by atoms with Crippen molar-refractivity contribution in [1.82, 2.24) is 0 Å². The van der Waals surface area contributed by atoms with Crippen LogP contribution in [0.4, 0.5) is 0 Å². The predicted octanol–water partition coefficient (Wildman–Crippen LogP) is 2.21. The smallest absolute Gasteiger partial charge is 0.310 e. The fourth-order valence-electron chi connectivity index (χ4n) is 1.82. The Morgan fingerprint density at radius 3 is 2.58 bits per heavy atom.